The summed E-state index contributed by atoms with van der Waals surface area (Å²) in [5.41, 5.74) is 6.11. The van der Waals surface area contributed by atoms with Crippen LogP contribution < -0.4 is 10.6 Å². The Labute approximate surface area is 110 Å². The number of nitrogens with two attached hydrogens (primary N) is 1. The van der Waals surface area contributed by atoms with Crippen LogP contribution in [0.3, 0.4) is 0 Å². The third-order valence-electron chi connectivity index (χ3n) is 3.40. The van der Waals surface area contributed by atoms with Gasteiger partial charge < -0.3 is 10.9 Å². The summed E-state index contributed by atoms with van der Waals surface area (Å²) in [5, 5.41) is 12.0. The van der Waals surface area contributed by atoms with E-state index in [1.165, 1.54) is 11.8 Å². The lowest BCUT2D eigenvalue weighted by atomic mass is 9.86. The molecule has 0 spiro atoms. The Morgan fingerprint density at radius 2 is 2.05 bits per heavy atom. The van der Waals surface area contributed by atoms with Gasteiger partial charge in [-0.1, -0.05) is 11.2 Å². The van der Waals surface area contributed by atoms with Crippen molar-refractivity contribution in [3.05, 3.63) is 29.3 Å². The van der Waals surface area contributed by atoms with Gasteiger partial charge in [0.05, 0.1) is 11.1 Å². The number of hydrogen-bond donors (Lipinski definition) is 2. The number of nitrogens with zero attached hydrogens (tertiary/aromatic N) is 2. The van der Waals surface area contributed by atoms with Crippen LogP contribution >= 0.6 is 0 Å². The van der Waals surface area contributed by atoms with Gasteiger partial charge in [-0.2, -0.15) is 0 Å². The van der Waals surface area contributed by atoms with Crippen LogP contribution in [0, 0.1) is 0 Å². The van der Waals surface area contributed by atoms with Crippen molar-refractivity contribution in [2.45, 2.75) is 26.2 Å². The molecule has 0 saturated carbocycles. The fourth-order valence-electron chi connectivity index (χ4n) is 2.27. The number of fused-ring (bicyclic) bond motifs is 1. The monoisotopic (exact) mass is 261 g/mol. The first-order valence-corrected chi connectivity index (χ1v) is 5.78. The molecule has 2 amide bonds. The molecule has 0 fully saturated rings. The predicted octanol–water partition coefficient (Wildman–Crippen LogP) is 1.22. The average Bonchev–Trinajstić information content (AvgIpc) is 2.56. The zero-order valence-corrected chi connectivity index (χ0v) is 11.0. The summed E-state index contributed by atoms with van der Waals surface area (Å²) < 4.78 is 0. The lowest BCUT2D eigenvalue weighted by molar-refractivity contribution is -0.121. The van der Waals surface area contributed by atoms with Gasteiger partial charge in [0.15, 0.2) is 5.84 Å². The Balaban J connectivity index is 2.69. The number of rotatable bonds is 1. The van der Waals surface area contributed by atoms with Crippen LogP contribution in [-0.4, -0.2) is 22.9 Å². The van der Waals surface area contributed by atoms with Crippen molar-refractivity contribution >= 4 is 23.3 Å². The van der Waals surface area contributed by atoms with Crippen molar-refractivity contribution in [3.63, 3.8) is 0 Å². The number of amidine groups is 1. The number of amides is 2. The number of primary amides is 1. The van der Waals surface area contributed by atoms with E-state index in [2.05, 4.69) is 5.16 Å². The summed E-state index contributed by atoms with van der Waals surface area (Å²) in [4.78, 5) is 24.9. The molecule has 1 aliphatic heterocycles. The lowest BCUT2D eigenvalue weighted by Gasteiger charge is -2.18. The van der Waals surface area contributed by atoms with Crippen LogP contribution in [0.15, 0.2) is 23.4 Å². The number of carbonyl (C=O) groups excluding carboxylic acids is 2. The molecule has 0 saturated heterocycles. The number of hydrogen-bond acceptors (Lipinski definition) is 4. The van der Waals surface area contributed by atoms with E-state index >= 15 is 0 Å². The van der Waals surface area contributed by atoms with E-state index in [-0.39, 0.29) is 11.7 Å². The third kappa shape index (κ3) is 1.76. The van der Waals surface area contributed by atoms with Crippen molar-refractivity contribution in [3.8, 4) is 0 Å². The summed E-state index contributed by atoms with van der Waals surface area (Å²) >= 11 is 0. The summed E-state index contributed by atoms with van der Waals surface area (Å²) in [6.45, 7) is 5.07. The molecule has 6 heteroatoms. The minimum atomic E-state index is -0.739. The Morgan fingerprint density at radius 3 is 2.58 bits per heavy atom. The molecule has 3 N–H and O–H groups in total. The maximum Gasteiger partial charge on any atom is 0.248 e. The number of carbonyl (C=O) groups is 2. The first-order chi connectivity index (χ1) is 8.80. The summed E-state index contributed by atoms with van der Waals surface area (Å²) in [6, 6.07) is 4.84. The van der Waals surface area contributed by atoms with Crippen LogP contribution in [0.25, 0.3) is 0 Å². The van der Waals surface area contributed by atoms with Gasteiger partial charge in [0, 0.05) is 5.56 Å². The Bertz CT molecular complexity index is 605. The van der Waals surface area contributed by atoms with Gasteiger partial charge in [-0.15, -0.1) is 0 Å². The smallest absolute Gasteiger partial charge is 0.248 e. The van der Waals surface area contributed by atoms with Crippen molar-refractivity contribution in [2.75, 3.05) is 4.90 Å². The SMILES string of the molecule is C/C(=N\O)N1C(=O)C(C)(C)c2ccc(C(N)=O)cc21. The molecule has 1 aromatic carbocycles. The van der Waals surface area contributed by atoms with E-state index in [1.807, 2.05) is 0 Å². The molecule has 2 rings (SSSR count). The number of benzene rings is 1. The number of oxime groups is 1. The van der Waals surface area contributed by atoms with E-state index in [0.717, 1.165) is 5.56 Å². The highest BCUT2D eigenvalue weighted by Gasteiger charge is 2.45. The van der Waals surface area contributed by atoms with Gasteiger partial charge in [-0.3, -0.25) is 14.5 Å². The standard InChI is InChI=1S/C13H15N3O3/c1-7(15-19)16-10-6-8(11(14)17)4-5-9(10)13(2,3)12(16)18/h4-6,19H,1-3H3,(H2,14,17)/b15-7+. The third-order valence-corrected chi connectivity index (χ3v) is 3.40. The van der Waals surface area contributed by atoms with Crippen molar-refractivity contribution in [2.24, 2.45) is 10.9 Å². The first kappa shape index (κ1) is 13.1. The van der Waals surface area contributed by atoms with Crippen LogP contribution in [0.4, 0.5) is 5.69 Å². The van der Waals surface area contributed by atoms with Crippen LogP contribution in [0.1, 0.15) is 36.7 Å². The maximum atomic E-state index is 12.4. The minimum absolute atomic E-state index is 0.151. The van der Waals surface area contributed by atoms with Crippen LogP contribution in [0.5, 0.6) is 0 Å². The van der Waals surface area contributed by atoms with Gasteiger partial charge in [-0.05, 0) is 38.5 Å². The molecule has 100 valence electrons. The highest BCUT2D eigenvalue weighted by atomic mass is 16.4. The van der Waals surface area contributed by atoms with E-state index < -0.39 is 11.3 Å². The van der Waals surface area contributed by atoms with Crippen molar-refractivity contribution in [1.82, 2.24) is 0 Å². The van der Waals surface area contributed by atoms with Gasteiger partial charge >= 0.3 is 0 Å². The van der Waals surface area contributed by atoms with E-state index in [9.17, 15) is 9.59 Å². The Hall–Kier alpha value is -2.37. The Morgan fingerprint density at radius 1 is 1.42 bits per heavy atom. The predicted molar refractivity (Wildman–Crippen MR) is 70.4 cm³/mol. The average molecular weight is 261 g/mol. The molecular formula is C13H15N3O3. The molecule has 6 nitrogen and oxygen atoms in total. The molecule has 1 aliphatic rings. The highest BCUT2D eigenvalue weighted by molar-refractivity contribution is 6.23. The number of anilines is 1. The Kier molecular flexibility index (Phi) is 2.81. The molecule has 0 bridgehead atoms. The second-order valence-corrected chi connectivity index (χ2v) is 5.01. The molecule has 0 unspecified atom stereocenters. The minimum Gasteiger partial charge on any atom is -0.409 e. The molecule has 1 heterocycles. The fraction of sp³-hybridized carbons (Fsp3) is 0.308. The molecule has 0 radical (unpaired) electrons. The molecular weight excluding hydrogens is 246 g/mol. The van der Waals surface area contributed by atoms with Gasteiger partial charge in [0.2, 0.25) is 11.8 Å². The quantitative estimate of drug-likeness (QED) is 0.344. The second-order valence-electron chi connectivity index (χ2n) is 5.01. The maximum absolute atomic E-state index is 12.4. The molecule has 0 aliphatic carbocycles. The topological polar surface area (TPSA) is 96.0 Å². The van der Waals surface area contributed by atoms with E-state index in [0.29, 0.717) is 11.3 Å². The zero-order chi connectivity index (χ0) is 14.4. The van der Waals surface area contributed by atoms with E-state index in [4.69, 9.17) is 10.9 Å². The van der Waals surface area contributed by atoms with Crippen LogP contribution in [0.2, 0.25) is 0 Å². The molecule has 0 atom stereocenters. The molecule has 0 aromatic heterocycles. The highest BCUT2D eigenvalue weighted by Crippen LogP contribution is 2.42. The van der Waals surface area contributed by atoms with Crippen molar-refractivity contribution in [1.29, 1.82) is 0 Å². The largest absolute Gasteiger partial charge is 0.409 e. The molecule has 19 heavy (non-hydrogen) atoms. The van der Waals surface area contributed by atoms with Gasteiger partial charge in [0.1, 0.15) is 0 Å². The lowest BCUT2D eigenvalue weighted by Crippen LogP contribution is -2.39. The zero-order valence-electron chi connectivity index (χ0n) is 11.0. The summed E-state index contributed by atoms with van der Waals surface area (Å²) in [7, 11) is 0. The first-order valence-electron chi connectivity index (χ1n) is 5.78. The van der Waals surface area contributed by atoms with Crippen LogP contribution in [-0.2, 0) is 10.2 Å². The second kappa shape index (κ2) is 4.08. The summed E-state index contributed by atoms with van der Waals surface area (Å²) in [5.74, 6) is -0.628. The van der Waals surface area contributed by atoms with Crippen molar-refractivity contribution < 1.29 is 14.8 Å². The fourth-order valence-corrected chi connectivity index (χ4v) is 2.27. The molecule has 1 aromatic rings. The summed E-state index contributed by atoms with van der Waals surface area (Å²) in [6.07, 6.45) is 0. The normalized spacial score (nSPS) is 17.5. The van der Waals surface area contributed by atoms with E-state index in [1.54, 1.807) is 32.0 Å². The van der Waals surface area contributed by atoms with Gasteiger partial charge in [0.25, 0.3) is 0 Å². The van der Waals surface area contributed by atoms with Gasteiger partial charge in [-0.25, -0.2) is 0 Å².